The smallest absolute Gasteiger partial charge is 0.336 e. The van der Waals surface area contributed by atoms with Gasteiger partial charge in [-0.05, 0) is 29.8 Å². The van der Waals surface area contributed by atoms with Gasteiger partial charge in [0.25, 0.3) is 0 Å². The molecular weight excluding hydrogens is 380 g/mol. The number of rotatable bonds is 5. The predicted octanol–water partition coefficient (Wildman–Crippen LogP) is 3.15. The molecule has 3 aromatic rings. The fraction of sp³-hybridized carbons (Fsp3) is 0.190. The molecule has 8 nitrogen and oxygen atoms in total. The molecule has 0 amide bonds. The van der Waals surface area contributed by atoms with Crippen LogP contribution in [0.4, 0.5) is 0 Å². The van der Waals surface area contributed by atoms with Crippen molar-refractivity contribution >= 4 is 16.7 Å². The fourth-order valence-corrected chi connectivity index (χ4v) is 3.65. The van der Waals surface area contributed by atoms with Gasteiger partial charge in [-0.25, -0.2) is 4.79 Å². The van der Waals surface area contributed by atoms with Crippen molar-refractivity contribution in [2.75, 3.05) is 21.0 Å². The number of aromatic carboxylic acids is 1. The Morgan fingerprint density at radius 1 is 1.10 bits per heavy atom. The van der Waals surface area contributed by atoms with E-state index in [2.05, 4.69) is 0 Å². The first-order valence-corrected chi connectivity index (χ1v) is 8.68. The van der Waals surface area contributed by atoms with E-state index in [0.717, 1.165) is 0 Å². The van der Waals surface area contributed by atoms with Crippen molar-refractivity contribution in [1.29, 1.82) is 0 Å². The molecule has 0 bridgehead atoms. The number of aliphatic hydroxyl groups excluding tert-OH is 1. The Kier molecular flexibility index (Phi) is 4.56. The Balaban J connectivity index is 2.19. The third-order valence-corrected chi connectivity index (χ3v) is 4.93. The van der Waals surface area contributed by atoms with Gasteiger partial charge in [0.05, 0.1) is 26.4 Å². The van der Waals surface area contributed by atoms with Crippen molar-refractivity contribution < 1.29 is 39.1 Å². The van der Waals surface area contributed by atoms with Gasteiger partial charge in [-0.1, -0.05) is 6.07 Å². The first kappa shape index (κ1) is 18.7. The number of benzene rings is 3. The van der Waals surface area contributed by atoms with E-state index in [1.54, 1.807) is 30.3 Å². The molecule has 0 saturated heterocycles. The van der Waals surface area contributed by atoms with Crippen LogP contribution in [0.15, 0.2) is 30.3 Å². The van der Waals surface area contributed by atoms with Crippen LogP contribution in [-0.4, -0.2) is 42.3 Å². The molecule has 1 heterocycles. The van der Waals surface area contributed by atoms with Gasteiger partial charge >= 0.3 is 5.97 Å². The monoisotopic (exact) mass is 398 g/mol. The van der Waals surface area contributed by atoms with E-state index < -0.39 is 12.6 Å². The molecular formula is C21H18O8. The number of phenols is 1. The summed E-state index contributed by atoms with van der Waals surface area (Å²) in [4.78, 5) is 12.2. The Morgan fingerprint density at radius 3 is 2.52 bits per heavy atom. The minimum Gasteiger partial charge on any atom is -0.507 e. The van der Waals surface area contributed by atoms with Gasteiger partial charge in [0.15, 0.2) is 23.0 Å². The minimum absolute atomic E-state index is 0.0231. The van der Waals surface area contributed by atoms with Crippen LogP contribution in [0.5, 0.6) is 28.7 Å². The second kappa shape index (κ2) is 7.06. The Hall–Kier alpha value is -3.65. The number of ether oxygens (including phenoxy) is 4. The summed E-state index contributed by atoms with van der Waals surface area (Å²) in [5.74, 6) is 0.0255. The van der Waals surface area contributed by atoms with Gasteiger partial charge in [-0.2, -0.15) is 0 Å². The second-order valence-electron chi connectivity index (χ2n) is 6.33. The van der Waals surface area contributed by atoms with Crippen LogP contribution in [0.3, 0.4) is 0 Å². The van der Waals surface area contributed by atoms with Crippen LogP contribution in [-0.2, 0) is 6.61 Å². The van der Waals surface area contributed by atoms with Crippen molar-refractivity contribution in [3.8, 4) is 39.9 Å². The number of methoxy groups -OCH3 is 2. The topological polar surface area (TPSA) is 115 Å². The summed E-state index contributed by atoms with van der Waals surface area (Å²) in [6, 6.07) is 8.19. The lowest BCUT2D eigenvalue weighted by molar-refractivity contribution is 0.0693. The SMILES string of the molecule is COc1ccc(-c2c(C(=O)O)c(CO)c(O)c3ccc4c(c23)OCO4)cc1OC. The molecule has 0 aromatic heterocycles. The number of carboxylic acid groups (broad SMARTS) is 1. The van der Waals surface area contributed by atoms with Crippen molar-refractivity contribution in [1.82, 2.24) is 0 Å². The van der Waals surface area contributed by atoms with Crippen LogP contribution < -0.4 is 18.9 Å². The molecule has 0 saturated carbocycles. The predicted molar refractivity (Wildman–Crippen MR) is 103 cm³/mol. The Morgan fingerprint density at radius 2 is 1.86 bits per heavy atom. The van der Waals surface area contributed by atoms with E-state index in [1.807, 2.05) is 0 Å². The highest BCUT2D eigenvalue weighted by Crippen LogP contribution is 2.50. The zero-order valence-corrected chi connectivity index (χ0v) is 15.7. The highest BCUT2D eigenvalue weighted by Gasteiger charge is 2.29. The molecule has 0 fully saturated rings. The van der Waals surface area contributed by atoms with Crippen molar-refractivity contribution in [2.45, 2.75) is 6.61 Å². The standard InChI is InChI=1S/C21H18O8/c1-26-13-5-3-10(7-15(13)27-2)16-17-11(4-6-14-20(17)29-9-28-14)19(23)12(8-22)18(16)21(24)25/h3-7,22-23H,8-9H2,1-2H3,(H,24,25). The minimum atomic E-state index is -1.30. The first-order chi connectivity index (χ1) is 14.0. The highest BCUT2D eigenvalue weighted by molar-refractivity contribution is 6.14. The molecule has 8 heteroatoms. The van der Waals surface area contributed by atoms with Gasteiger partial charge in [0.1, 0.15) is 5.75 Å². The lowest BCUT2D eigenvalue weighted by Gasteiger charge is -2.19. The Labute approximate surface area is 165 Å². The molecule has 0 aliphatic carbocycles. The van der Waals surface area contributed by atoms with Gasteiger partial charge in [-0.3, -0.25) is 0 Å². The van der Waals surface area contributed by atoms with Crippen LogP contribution in [0.25, 0.3) is 21.9 Å². The third kappa shape index (κ3) is 2.76. The van der Waals surface area contributed by atoms with E-state index in [4.69, 9.17) is 18.9 Å². The van der Waals surface area contributed by atoms with E-state index in [9.17, 15) is 20.1 Å². The zero-order valence-electron chi connectivity index (χ0n) is 15.7. The quantitative estimate of drug-likeness (QED) is 0.600. The van der Waals surface area contributed by atoms with Crippen LogP contribution in [0.1, 0.15) is 15.9 Å². The summed E-state index contributed by atoms with van der Waals surface area (Å²) in [5, 5.41) is 31.2. The number of hydrogen-bond donors (Lipinski definition) is 3. The number of carbonyl (C=O) groups is 1. The maximum absolute atomic E-state index is 12.2. The largest absolute Gasteiger partial charge is 0.507 e. The fourth-order valence-electron chi connectivity index (χ4n) is 3.65. The van der Waals surface area contributed by atoms with Gasteiger partial charge in [0, 0.05) is 21.9 Å². The van der Waals surface area contributed by atoms with E-state index >= 15 is 0 Å². The Bertz CT molecular complexity index is 1140. The molecule has 0 unspecified atom stereocenters. The summed E-state index contributed by atoms with van der Waals surface area (Å²) in [7, 11) is 2.97. The second-order valence-corrected chi connectivity index (χ2v) is 6.33. The lowest BCUT2D eigenvalue weighted by atomic mass is 9.88. The third-order valence-electron chi connectivity index (χ3n) is 4.93. The van der Waals surface area contributed by atoms with Crippen molar-refractivity contribution in [3.05, 3.63) is 41.5 Å². The maximum Gasteiger partial charge on any atom is 0.336 e. The van der Waals surface area contributed by atoms with Crippen LogP contribution >= 0.6 is 0 Å². The summed E-state index contributed by atoms with van der Waals surface area (Å²) in [5.41, 5.74) is 0.448. The van der Waals surface area contributed by atoms with E-state index in [1.165, 1.54) is 14.2 Å². The lowest BCUT2D eigenvalue weighted by Crippen LogP contribution is -2.07. The van der Waals surface area contributed by atoms with Crippen LogP contribution in [0.2, 0.25) is 0 Å². The molecule has 3 N–H and O–H groups in total. The molecule has 0 atom stereocenters. The zero-order chi connectivity index (χ0) is 20.7. The van der Waals surface area contributed by atoms with E-state index in [-0.39, 0.29) is 29.2 Å². The number of aromatic hydroxyl groups is 1. The highest BCUT2D eigenvalue weighted by atomic mass is 16.7. The normalized spacial score (nSPS) is 12.2. The molecule has 4 rings (SSSR count). The summed E-state index contributed by atoms with van der Waals surface area (Å²) in [6.07, 6.45) is 0. The number of fused-ring (bicyclic) bond motifs is 3. The van der Waals surface area contributed by atoms with Crippen molar-refractivity contribution in [2.24, 2.45) is 0 Å². The van der Waals surface area contributed by atoms with Crippen molar-refractivity contribution in [3.63, 3.8) is 0 Å². The number of carboxylic acids is 1. The molecule has 0 radical (unpaired) electrons. The number of aliphatic hydroxyl groups is 1. The van der Waals surface area contributed by atoms with Gasteiger partial charge in [-0.15, -0.1) is 0 Å². The molecule has 150 valence electrons. The number of hydrogen-bond acceptors (Lipinski definition) is 7. The maximum atomic E-state index is 12.2. The van der Waals surface area contributed by atoms with Gasteiger partial charge in [0.2, 0.25) is 6.79 Å². The molecule has 1 aliphatic rings. The first-order valence-electron chi connectivity index (χ1n) is 8.68. The van der Waals surface area contributed by atoms with Gasteiger partial charge < -0.3 is 34.3 Å². The van der Waals surface area contributed by atoms with E-state index in [0.29, 0.717) is 39.3 Å². The average Bonchev–Trinajstić information content (AvgIpc) is 3.21. The average molecular weight is 398 g/mol. The molecule has 29 heavy (non-hydrogen) atoms. The molecule has 0 spiro atoms. The molecule has 3 aromatic carbocycles. The molecule has 1 aliphatic heterocycles. The summed E-state index contributed by atoms with van der Waals surface area (Å²) < 4.78 is 21.6. The summed E-state index contributed by atoms with van der Waals surface area (Å²) >= 11 is 0. The summed E-state index contributed by atoms with van der Waals surface area (Å²) in [6.45, 7) is -0.678. The van der Waals surface area contributed by atoms with Crippen LogP contribution in [0, 0.1) is 0 Å².